The van der Waals surface area contributed by atoms with E-state index in [4.69, 9.17) is 0 Å². The lowest BCUT2D eigenvalue weighted by Crippen LogP contribution is -2.25. The van der Waals surface area contributed by atoms with Gasteiger partial charge in [-0.1, -0.05) is 42.5 Å². The van der Waals surface area contributed by atoms with Gasteiger partial charge in [0.1, 0.15) is 0 Å². The number of thiazole rings is 1. The molecule has 1 heterocycles. The van der Waals surface area contributed by atoms with Crippen LogP contribution in [0.5, 0.6) is 0 Å². The average Bonchev–Trinajstić information content (AvgIpc) is 3.07. The summed E-state index contributed by atoms with van der Waals surface area (Å²) in [7, 11) is 0. The van der Waals surface area contributed by atoms with Crippen molar-refractivity contribution < 1.29 is 14.4 Å². The maximum atomic E-state index is 12.4. The Labute approximate surface area is 136 Å². The number of nitrogens with one attached hydrogen (secondary N) is 1. The van der Waals surface area contributed by atoms with Crippen molar-refractivity contribution in [1.29, 1.82) is 0 Å². The summed E-state index contributed by atoms with van der Waals surface area (Å²) in [5.41, 5.74) is 0.443. The molecule has 2 aromatic carbocycles. The van der Waals surface area contributed by atoms with Crippen LogP contribution < -0.4 is 5.32 Å². The number of carbonyl (C=O) groups excluding carboxylic acids is 3. The third-order valence-corrected chi connectivity index (χ3v) is 4.01. The summed E-state index contributed by atoms with van der Waals surface area (Å²) < 4.78 is 0. The number of ketones is 2. The molecular weight excluding hydrogens is 312 g/mol. The summed E-state index contributed by atoms with van der Waals surface area (Å²) in [5.74, 6) is -1.98. The highest BCUT2D eigenvalue weighted by Gasteiger charge is 2.20. The van der Waals surface area contributed by atoms with E-state index in [2.05, 4.69) is 10.3 Å². The van der Waals surface area contributed by atoms with Gasteiger partial charge in [0.2, 0.25) is 5.78 Å². The number of amides is 1. The molecule has 3 aromatic rings. The summed E-state index contributed by atoms with van der Waals surface area (Å²) in [5, 5.41) is 6.08. The number of aromatic nitrogens is 1. The summed E-state index contributed by atoms with van der Waals surface area (Å²) >= 11 is 1.21. The first-order valence-corrected chi connectivity index (χ1v) is 7.78. The number of carbonyl (C=O) groups is 3. The van der Waals surface area contributed by atoms with Gasteiger partial charge in [0, 0.05) is 17.1 Å². The van der Waals surface area contributed by atoms with Crippen LogP contribution in [0, 0.1) is 0 Å². The van der Waals surface area contributed by atoms with Crippen LogP contribution in [0.15, 0.2) is 54.0 Å². The van der Waals surface area contributed by atoms with Gasteiger partial charge in [-0.15, -0.1) is 11.3 Å². The Morgan fingerprint density at radius 3 is 2.61 bits per heavy atom. The third kappa shape index (κ3) is 3.32. The van der Waals surface area contributed by atoms with E-state index in [0.29, 0.717) is 10.7 Å². The van der Waals surface area contributed by atoms with E-state index in [0.717, 1.165) is 10.8 Å². The highest BCUT2D eigenvalue weighted by molar-refractivity contribution is 7.13. The minimum Gasteiger partial charge on any atom is -0.295 e. The number of fused-ring (bicyclic) bond motifs is 1. The first-order chi connectivity index (χ1) is 11.1. The number of nitrogens with zero attached hydrogens (tertiary/aromatic N) is 1. The van der Waals surface area contributed by atoms with Crippen molar-refractivity contribution >= 4 is 44.7 Å². The Morgan fingerprint density at radius 1 is 1.04 bits per heavy atom. The normalized spacial score (nSPS) is 10.4. The largest absolute Gasteiger partial charge is 0.295 e. The molecular formula is C17H12N2O3S. The highest BCUT2D eigenvalue weighted by Crippen LogP contribution is 2.20. The molecule has 0 atom stereocenters. The second kappa shape index (κ2) is 6.50. The van der Waals surface area contributed by atoms with Gasteiger partial charge in [0.05, 0.1) is 6.42 Å². The molecule has 0 saturated carbocycles. The van der Waals surface area contributed by atoms with Crippen molar-refractivity contribution in [2.45, 2.75) is 6.42 Å². The van der Waals surface area contributed by atoms with E-state index < -0.39 is 18.1 Å². The van der Waals surface area contributed by atoms with Gasteiger partial charge in [0.15, 0.2) is 10.9 Å². The Balaban J connectivity index is 1.75. The Morgan fingerprint density at radius 2 is 1.83 bits per heavy atom. The average molecular weight is 324 g/mol. The predicted octanol–water partition coefficient (Wildman–Crippen LogP) is 3.08. The summed E-state index contributed by atoms with van der Waals surface area (Å²) in [6, 6.07) is 12.7. The zero-order valence-electron chi connectivity index (χ0n) is 12.0. The van der Waals surface area contributed by atoms with E-state index in [9.17, 15) is 14.4 Å². The van der Waals surface area contributed by atoms with Crippen LogP contribution in [0.4, 0.5) is 5.13 Å². The van der Waals surface area contributed by atoms with E-state index >= 15 is 0 Å². The van der Waals surface area contributed by atoms with Gasteiger partial charge in [-0.2, -0.15) is 0 Å². The first kappa shape index (κ1) is 15.1. The van der Waals surface area contributed by atoms with Crippen LogP contribution >= 0.6 is 11.3 Å². The van der Waals surface area contributed by atoms with Crippen molar-refractivity contribution in [2.75, 3.05) is 5.32 Å². The molecule has 0 fully saturated rings. The van der Waals surface area contributed by atoms with Gasteiger partial charge < -0.3 is 0 Å². The number of anilines is 1. The molecule has 3 rings (SSSR count). The lowest BCUT2D eigenvalue weighted by molar-refractivity contribution is -0.134. The van der Waals surface area contributed by atoms with E-state index in [1.807, 2.05) is 30.3 Å². The number of Topliss-reactive ketones (excluding diaryl/α,β-unsaturated/α-hetero) is 2. The first-order valence-electron chi connectivity index (χ1n) is 6.90. The molecule has 0 saturated heterocycles. The standard InChI is InChI=1S/C17H12N2O3S/c20-14(10-15(21)16(22)19-17-18-8-9-23-17)13-7-3-5-11-4-1-2-6-12(11)13/h1-9H,10H2,(H,18,19,22). The Kier molecular flexibility index (Phi) is 4.25. The maximum absolute atomic E-state index is 12.4. The number of hydrogen-bond donors (Lipinski definition) is 1. The van der Waals surface area contributed by atoms with Crippen LogP contribution in [-0.4, -0.2) is 22.5 Å². The van der Waals surface area contributed by atoms with Crippen LogP contribution in [0.2, 0.25) is 0 Å². The SMILES string of the molecule is O=C(CC(=O)c1cccc2ccccc12)C(=O)Nc1nccs1. The molecule has 6 heteroatoms. The van der Waals surface area contributed by atoms with Crippen molar-refractivity contribution in [1.82, 2.24) is 4.98 Å². The lowest BCUT2D eigenvalue weighted by atomic mass is 9.99. The van der Waals surface area contributed by atoms with Gasteiger partial charge in [-0.3, -0.25) is 19.7 Å². The number of hydrogen-bond acceptors (Lipinski definition) is 5. The van der Waals surface area contributed by atoms with Crippen LogP contribution in [0.1, 0.15) is 16.8 Å². The molecule has 5 nitrogen and oxygen atoms in total. The molecule has 1 N–H and O–H groups in total. The van der Waals surface area contributed by atoms with E-state index in [-0.39, 0.29) is 5.78 Å². The molecule has 0 spiro atoms. The van der Waals surface area contributed by atoms with Crippen LogP contribution in [0.3, 0.4) is 0 Å². The molecule has 0 aliphatic carbocycles. The second-order valence-corrected chi connectivity index (χ2v) is 5.74. The molecule has 114 valence electrons. The monoisotopic (exact) mass is 324 g/mol. The fourth-order valence-electron chi connectivity index (χ4n) is 2.24. The Hall–Kier alpha value is -2.86. The maximum Gasteiger partial charge on any atom is 0.294 e. The van der Waals surface area contributed by atoms with Gasteiger partial charge >= 0.3 is 0 Å². The topological polar surface area (TPSA) is 76.1 Å². The molecule has 0 radical (unpaired) electrons. The molecule has 0 aliphatic rings. The smallest absolute Gasteiger partial charge is 0.294 e. The lowest BCUT2D eigenvalue weighted by Gasteiger charge is -2.05. The predicted molar refractivity (Wildman–Crippen MR) is 88.6 cm³/mol. The second-order valence-electron chi connectivity index (χ2n) is 4.84. The van der Waals surface area contributed by atoms with Gasteiger partial charge in [-0.05, 0) is 10.8 Å². The molecule has 0 bridgehead atoms. The molecule has 0 aliphatic heterocycles. The zero-order chi connectivity index (χ0) is 16.2. The third-order valence-electron chi connectivity index (χ3n) is 3.32. The zero-order valence-corrected chi connectivity index (χ0v) is 12.8. The minimum absolute atomic E-state index is 0.334. The summed E-state index contributed by atoms with van der Waals surface area (Å²) in [6.45, 7) is 0. The molecule has 0 unspecified atom stereocenters. The number of rotatable bonds is 5. The highest BCUT2D eigenvalue weighted by atomic mass is 32.1. The molecule has 1 amide bonds. The van der Waals surface area contributed by atoms with Gasteiger partial charge in [0.25, 0.3) is 5.91 Å². The fraction of sp³-hybridized carbons (Fsp3) is 0.0588. The van der Waals surface area contributed by atoms with Crippen LogP contribution in [0.25, 0.3) is 10.8 Å². The molecule has 1 aromatic heterocycles. The van der Waals surface area contributed by atoms with Crippen molar-refractivity contribution in [3.63, 3.8) is 0 Å². The summed E-state index contributed by atoms with van der Waals surface area (Å²) in [4.78, 5) is 40.0. The van der Waals surface area contributed by atoms with Crippen molar-refractivity contribution in [3.05, 3.63) is 59.6 Å². The van der Waals surface area contributed by atoms with Crippen molar-refractivity contribution in [2.24, 2.45) is 0 Å². The van der Waals surface area contributed by atoms with Crippen LogP contribution in [-0.2, 0) is 9.59 Å². The fourth-order valence-corrected chi connectivity index (χ4v) is 2.77. The van der Waals surface area contributed by atoms with E-state index in [1.165, 1.54) is 17.5 Å². The quantitative estimate of drug-likeness (QED) is 0.444. The van der Waals surface area contributed by atoms with E-state index in [1.54, 1.807) is 17.5 Å². The van der Waals surface area contributed by atoms with Gasteiger partial charge in [-0.25, -0.2) is 4.98 Å². The number of benzene rings is 2. The summed E-state index contributed by atoms with van der Waals surface area (Å²) in [6.07, 6.45) is 1.05. The molecule has 23 heavy (non-hydrogen) atoms. The Bertz CT molecular complexity index is 883. The van der Waals surface area contributed by atoms with Crippen molar-refractivity contribution in [3.8, 4) is 0 Å². The minimum atomic E-state index is -0.825.